The van der Waals surface area contributed by atoms with Gasteiger partial charge in [0.1, 0.15) is 11.4 Å². The van der Waals surface area contributed by atoms with Crippen LogP contribution in [0.5, 0.6) is 5.75 Å². The second-order valence-electron chi connectivity index (χ2n) is 4.31. The van der Waals surface area contributed by atoms with Crippen molar-refractivity contribution in [1.82, 2.24) is 0 Å². The molecule has 0 fully saturated rings. The van der Waals surface area contributed by atoms with Crippen LogP contribution in [0.1, 0.15) is 25.3 Å². The molecule has 0 aromatic heterocycles. The molecule has 1 aliphatic heterocycles. The summed E-state index contributed by atoms with van der Waals surface area (Å²) in [6.45, 7) is 5.92. The summed E-state index contributed by atoms with van der Waals surface area (Å²) >= 11 is 3.48. The van der Waals surface area contributed by atoms with Gasteiger partial charge in [-0.05, 0) is 43.5 Å². The average Bonchev–Trinajstić information content (AvgIpc) is 2.51. The zero-order valence-corrected chi connectivity index (χ0v) is 10.5. The summed E-state index contributed by atoms with van der Waals surface area (Å²) in [5.74, 6) is 1.03. The number of halogens is 1. The van der Waals surface area contributed by atoms with Gasteiger partial charge in [0.15, 0.2) is 0 Å². The second-order valence-corrected chi connectivity index (χ2v) is 5.22. The van der Waals surface area contributed by atoms with Gasteiger partial charge in [-0.15, -0.1) is 6.58 Å². The molecule has 0 saturated carbocycles. The number of hydrogen-bond donors (Lipinski definition) is 0. The topological polar surface area (TPSA) is 9.23 Å². The van der Waals surface area contributed by atoms with E-state index in [1.807, 2.05) is 18.2 Å². The van der Waals surface area contributed by atoms with Crippen molar-refractivity contribution in [3.8, 4) is 5.75 Å². The van der Waals surface area contributed by atoms with Crippen LogP contribution in [0.2, 0.25) is 0 Å². The van der Waals surface area contributed by atoms with Crippen molar-refractivity contribution in [2.24, 2.45) is 0 Å². The van der Waals surface area contributed by atoms with Crippen molar-refractivity contribution in [2.75, 3.05) is 0 Å². The quantitative estimate of drug-likeness (QED) is 0.749. The highest BCUT2D eigenvalue weighted by Crippen LogP contribution is 2.38. The summed E-state index contributed by atoms with van der Waals surface area (Å²) in [6.07, 6.45) is 4.98. The van der Waals surface area contributed by atoms with Crippen molar-refractivity contribution in [3.63, 3.8) is 0 Å². The van der Waals surface area contributed by atoms with Crippen LogP contribution in [-0.4, -0.2) is 5.60 Å². The summed E-state index contributed by atoms with van der Waals surface area (Å²) in [7, 11) is 0. The molecule has 1 atom stereocenters. The van der Waals surface area contributed by atoms with Gasteiger partial charge < -0.3 is 4.74 Å². The lowest BCUT2D eigenvalue weighted by molar-refractivity contribution is 0.107. The smallest absolute Gasteiger partial charge is 0.123 e. The van der Waals surface area contributed by atoms with E-state index in [2.05, 4.69) is 35.5 Å². The third-order valence-electron chi connectivity index (χ3n) is 2.82. The Bertz CT molecular complexity index is 386. The third-order valence-corrected chi connectivity index (χ3v) is 3.31. The van der Waals surface area contributed by atoms with Gasteiger partial charge in [-0.25, -0.2) is 0 Å². The predicted molar refractivity (Wildman–Crippen MR) is 66.3 cm³/mol. The van der Waals surface area contributed by atoms with Gasteiger partial charge in [0.25, 0.3) is 0 Å². The predicted octanol–water partition coefficient (Wildman–Crippen LogP) is 4.11. The number of fused-ring (bicyclic) bond motifs is 1. The second kappa shape index (κ2) is 4.01. The largest absolute Gasteiger partial charge is 0.487 e. The van der Waals surface area contributed by atoms with Crippen LogP contribution in [-0.2, 0) is 6.42 Å². The summed E-state index contributed by atoms with van der Waals surface area (Å²) in [4.78, 5) is 0. The molecule has 1 aliphatic rings. The maximum Gasteiger partial charge on any atom is 0.123 e. The molecule has 2 heteroatoms. The number of benzene rings is 1. The van der Waals surface area contributed by atoms with Crippen molar-refractivity contribution >= 4 is 15.9 Å². The highest BCUT2D eigenvalue weighted by Gasteiger charge is 2.33. The summed E-state index contributed by atoms with van der Waals surface area (Å²) in [5.41, 5.74) is 1.26. The number of rotatable bonds is 3. The molecule has 0 aliphatic carbocycles. The fraction of sp³-hybridized carbons (Fsp3) is 0.385. The standard InChI is InChI=1S/C13H15BrO/c1-3-4-7-13(2)9-10-8-11(14)5-6-12(10)15-13/h3,5-6,8H,1,4,7,9H2,2H3. The lowest BCUT2D eigenvalue weighted by atomic mass is 9.94. The summed E-state index contributed by atoms with van der Waals surface area (Å²) < 4.78 is 7.11. The van der Waals surface area contributed by atoms with Crippen molar-refractivity contribution in [3.05, 3.63) is 40.9 Å². The lowest BCUT2D eigenvalue weighted by Crippen LogP contribution is -2.29. The zero-order chi connectivity index (χ0) is 10.9. The molecular weight excluding hydrogens is 252 g/mol. The third kappa shape index (κ3) is 2.25. The summed E-state index contributed by atoms with van der Waals surface area (Å²) in [5, 5.41) is 0. The van der Waals surface area contributed by atoms with Crippen LogP contribution in [0.3, 0.4) is 0 Å². The van der Waals surface area contributed by atoms with Crippen molar-refractivity contribution in [1.29, 1.82) is 0 Å². The fourth-order valence-electron chi connectivity index (χ4n) is 2.04. The van der Waals surface area contributed by atoms with E-state index in [0.717, 1.165) is 29.5 Å². The van der Waals surface area contributed by atoms with Gasteiger partial charge in [0, 0.05) is 10.9 Å². The minimum atomic E-state index is -0.0443. The number of ether oxygens (including phenoxy) is 1. The monoisotopic (exact) mass is 266 g/mol. The van der Waals surface area contributed by atoms with Crippen LogP contribution in [0.15, 0.2) is 35.3 Å². The summed E-state index contributed by atoms with van der Waals surface area (Å²) in [6, 6.07) is 6.21. The molecule has 1 unspecified atom stereocenters. The van der Waals surface area contributed by atoms with Crippen LogP contribution in [0, 0.1) is 0 Å². The molecule has 80 valence electrons. The van der Waals surface area contributed by atoms with Crippen LogP contribution >= 0.6 is 15.9 Å². The van der Waals surface area contributed by atoms with E-state index in [1.165, 1.54) is 5.56 Å². The van der Waals surface area contributed by atoms with Crippen LogP contribution in [0.4, 0.5) is 0 Å². The Kier molecular flexibility index (Phi) is 2.87. The molecule has 0 N–H and O–H groups in total. The Labute approximate surface area is 99.3 Å². The van der Waals surface area contributed by atoms with Crippen molar-refractivity contribution < 1.29 is 4.74 Å². The Morgan fingerprint density at radius 3 is 3.13 bits per heavy atom. The van der Waals surface area contributed by atoms with Crippen molar-refractivity contribution in [2.45, 2.75) is 31.8 Å². The molecule has 2 rings (SSSR count). The average molecular weight is 267 g/mol. The maximum atomic E-state index is 5.98. The molecule has 0 saturated heterocycles. The molecule has 15 heavy (non-hydrogen) atoms. The highest BCUT2D eigenvalue weighted by atomic mass is 79.9. The fourth-order valence-corrected chi connectivity index (χ4v) is 2.45. The first kappa shape index (κ1) is 10.7. The first-order valence-corrected chi connectivity index (χ1v) is 6.01. The van der Waals surface area contributed by atoms with E-state index in [4.69, 9.17) is 4.74 Å². The minimum Gasteiger partial charge on any atom is -0.487 e. The van der Waals surface area contributed by atoms with Crippen LogP contribution < -0.4 is 4.74 Å². The molecule has 0 bridgehead atoms. The first-order chi connectivity index (χ1) is 7.13. The molecule has 1 heterocycles. The zero-order valence-electron chi connectivity index (χ0n) is 8.92. The molecule has 1 aromatic carbocycles. The van der Waals surface area contributed by atoms with Gasteiger partial charge in [-0.2, -0.15) is 0 Å². The Morgan fingerprint density at radius 2 is 2.40 bits per heavy atom. The lowest BCUT2D eigenvalue weighted by Gasteiger charge is -2.23. The van der Waals surface area contributed by atoms with Gasteiger partial charge in [-0.1, -0.05) is 22.0 Å². The van der Waals surface area contributed by atoms with Gasteiger partial charge in [0.2, 0.25) is 0 Å². The van der Waals surface area contributed by atoms with E-state index in [0.29, 0.717) is 0 Å². The van der Waals surface area contributed by atoms with E-state index in [9.17, 15) is 0 Å². The Hall–Kier alpha value is -0.760. The van der Waals surface area contributed by atoms with Gasteiger partial charge >= 0.3 is 0 Å². The van der Waals surface area contributed by atoms with E-state index in [-0.39, 0.29) is 5.60 Å². The number of hydrogen-bond acceptors (Lipinski definition) is 1. The van der Waals surface area contributed by atoms with E-state index >= 15 is 0 Å². The Balaban J connectivity index is 2.17. The first-order valence-electron chi connectivity index (χ1n) is 5.21. The highest BCUT2D eigenvalue weighted by molar-refractivity contribution is 9.10. The molecular formula is C13H15BrO. The number of allylic oxidation sites excluding steroid dienone is 1. The van der Waals surface area contributed by atoms with Gasteiger partial charge in [0.05, 0.1) is 0 Å². The molecule has 0 radical (unpaired) electrons. The maximum absolute atomic E-state index is 5.98. The minimum absolute atomic E-state index is 0.0443. The van der Waals surface area contributed by atoms with E-state index < -0.39 is 0 Å². The Morgan fingerprint density at radius 1 is 1.60 bits per heavy atom. The molecule has 1 aromatic rings. The normalized spacial score (nSPS) is 23.3. The van der Waals surface area contributed by atoms with Crippen LogP contribution in [0.25, 0.3) is 0 Å². The molecule has 0 amide bonds. The molecule has 0 spiro atoms. The molecule has 1 nitrogen and oxygen atoms in total. The van der Waals surface area contributed by atoms with E-state index in [1.54, 1.807) is 0 Å². The SMILES string of the molecule is C=CCCC1(C)Cc2cc(Br)ccc2O1. The van der Waals surface area contributed by atoms with Gasteiger partial charge in [-0.3, -0.25) is 0 Å².